The molecule has 1 aliphatic heterocycles. The molecule has 0 saturated carbocycles. The number of hydrogen-bond donors (Lipinski definition) is 1. The van der Waals surface area contributed by atoms with Gasteiger partial charge in [-0.3, -0.25) is 14.5 Å². The van der Waals surface area contributed by atoms with Crippen LogP contribution < -0.4 is 19.1 Å². The number of Topliss-reactive ketones (excluding diaryl/α,β-unsaturated/α-hetero) is 1. The molecule has 1 aromatic heterocycles. The Balaban J connectivity index is 1.54. The standard InChI is InChI=1S/C34H34ClN3O6S2/c1-5-43-25-13-8-22(9-14-25)30(39)28-29(23-10-15-26(27(18-23)42-4)44-17-16-20(2)3)38(32(41)31(28)40)33-36-37-34(46-33)45-19-21-6-11-24(35)12-7-21/h6-15,18,20,29,39H,5,16-17,19H2,1-4H3/b30-28-. The number of halogens is 1. The maximum atomic E-state index is 13.7. The van der Waals surface area contributed by atoms with E-state index < -0.39 is 17.7 Å². The monoisotopic (exact) mass is 679 g/mol. The molecule has 1 atom stereocenters. The molecule has 1 saturated heterocycles. The number of amides is 1. The average molecular weight is 680 g/mol. The van der Waals surface area contributed by atoms with Crippen molar-refractivity contribution in [2.45, 2.75) is 43.3 Å². The molecule has 1 unspecified atom stereocenters. The molecule has 46 heavy (non-hydrogen) atoms. The normalized spacial score (nSPS) is 15.9. The van der Waals surface area contributed by atoms with Gasteiger partial charge in [0.05, 0.1) is 31.9 Å². The predicted octanol–water partition coefficient (Wildman–Crippen LogP) is 7.94. The lowest BCUT2D eigenvalue weighted by Crippen LogP contribution is -2.29. The number of aliphatic hydroxyl groups excluding tert-OH is 1. The van der Waals surface area contributed by atoms with Crippen LogP contribution in [0, 0.1) is 5.92 Å². The third-order valence-electron chi connectivity index (χ3n) is 7.22. The lowest BCUT2D eigenvalue weighted by molar-refractivity contribution is -0.132. The molecule has 1 aliphatic rings. The highest BCUT2D eigenvalue weighted by Gasteiger charge is 2.48. The fraction of sp³-hybridized carbons (Fsp3) is 0.294. The van der Waals surface area contributed by atoms with Crippen molar-refractivity contribution in [3.8, 4) is 17.2 Å². The van der Waals surface area contributed by atoms with Crippen LogP contribution in [0.25, 0.3) is 5.76 Å². The van der Waals surface area contributed by atoms with E-state index in [1.165, 1.54) is 35.1 Å². The summed E-state index contributed by atoms with van der Waals surface area (Å²) in [5.74, 6) is 0.697. The summed E-state index contributed by atoms with van der Waals surface area (Å²) in [5, 5.41) is 21.0. The summed E-state index contributed by atoms with van der Waals surface area (Å²) >= 11 is 8.66. The number of ketones is 1. The average Bonchev–Trinajstić information content (AvgIpc) is 3.62. The first-order valence-corrected chi connectivity index (χ1v) is 16.9. The van der Waals surface area contributed by atoms with Crippen LogP contribution in [-0.4, -0.2) is 47.3 Å². The Morgan fingerprint density at radius 3 is 2.43 bits per heavy atom. The van der Waals surface area contributed by atoms with Crippen molar-refractivity contribution in [1.29, 1.82) is 0 Å². The van der Waals surface area contributed by atoms with Gasteiger partial charge in [0.2, 0.25) is 5.13 Å². The Kier molecular flexibility index (Phi) is 10.9. The maximum Gasteiger partial charge on any atom is 0.301 e. The van der Waals surface area contributed by atoms with E-state index in [9.17, 15) is 14.7 Å². The Labute approximate surface area is 281 Å². The summed E-state index contributed by atoms with van der Waals surface area (Å²) < 4.78 is 17.8. The lowest BCUT2D eigenvalue weighted by atomic mass is 9.95. The fourth-order valence-electron chi connectivity index (χ4n) is 4.84. The lowest BCUT2D eigenvalue weighted by Gasteiger charge is -2.23. The van der Waals surface area contributed by atoms with Crippen LogP contribution in [0.3, 0.4) is 0 Å². The van der Waals surface area contributed by atoms with Crippen molar-refractivity contribution in [2.75, 3.05) is 25.2 Å². The van der Waals surface area contributed by atoms with E-state index in [1.807, 2.05) is 31.2 Å². The number of benzene rings is 3. The van der Waals surface area contributed by atoms with Gasteiger partial charge < -0.3 is 19.3 Å². The third kappa shape index (κ3) is 7.49. The minimum atomic E-state index is -1.01. The Morgan fingerprint density at radius 1 is 1.02 bits per heavy atom. The summed E-state index contributed by atoms with van der Waals surface area (Å²) in [6.45, 7) is 7.10. The van der Waals surface area contributed by atoms with Crippen molar-refractivity contribution in [3.05, 3.63) is 94.0 Å². The number of aromatic nitrogens is 2. The second-order valence-corrected chi connectivity index (χ2v) is 13.4. The van der Waals surface area contributed by atoms with Gasteiger partial charge in [-0.2, -0.15) is 0 Å². The number of ether oxygens (including phenoxy) is 3. The topological polar surface area (TPSA) is 111 Å². The van der Waals surface area contributed by atoms with Crippen LogP contribution in [0.4, 0.5) is 5.13 Å². The van der Waals surface area contributed by atoms with Crippen LogP contribution in [0.5, 0.6) is 17.2 Å². The van der Waals surface area contributed by atoms with Crippen LogP contribution in [0.1, 0.15) is 49.9 Å². The van der Waals surface area contributed by atoms with E-state index in [-0.39, 0.29) is 16.5 Å². The number of aliphatic hydroxyl groups is 1. The number of nitrogens with zero attached hydrogens (tertiary/aromatic N) is 3. The number of anilines is 1. The van der Waals surface area contributed by atoms with Crippen molar-refractivity contribution in [1.82, 2.24) is 10.2 Å². The second-order valence-electron chi connectivity index (χ2n) is 10.8. The zero-order valence-corrected chi connectivity index (χ0v) is 28.2. The molecule has 2 heterocycles. The van der Waals surface area contributed by atoms with Gasteiger partial charge in [-0.05, 0) is 78.9 Å². The molecule has 4 aromatic rings. The quantitative estimate of drug-likeness (QED) is 0.0495. The van der Waals surface area contributed by atoms with E-state index in [1.54, 1.807) is 42.5 Å². The zero-order chi connectivity index (χ0) is 32.8. The first kappa shape index (κ1) is 33.3. The molecule has 0 spiro atoms. The van der Waals surface area contributed by atoms with E-state index >= 15 is 0 Å². The highest BCUT2D eigenvalue weighted by Crippen LogP contribution is 2.45. The van der Waals surface area contributed by atoms with Gasteiger partial charge in [-0.1, -0.05) is 66.7 Å². The molecule has 1 N–H and O–H groups in total. The molecule has 12 heteroatoms. The number of rotatable bonds is 13. The van der Waals surface area contributed by atoms with Gasteiger partial charge in [-0.25, -0.2) is 0 Å². The van der Waals surface area contributed by atoms with Gasteiger partial charge in [0.25, 0.3) is 5.78 Å². The van der Waals surface area contributed by atoms with Gasteiger partial charge in [0.15, 0.2) is 15.8 Å². The minimum absolute atomic E-state index is 0.0738. The predicted molar refractivity (Wildman–Crippen MR) is 181 cm³/mol. The number of methoxy groups -OCH3 is 1. The van der Waals surface area contributed by atoms with Crippen LogP contribution >= 0.6 is 34.7 Å². The van der Waals surface area contributed by atoms with Crippen molar-refractivity contribution in [3.63, 3.8) is 0 Å². The van der Waals surface area contributed by atoms with E-state index in [2.05, 4.69) is 24.0 Å². The van der Waals surface area contributed by atoms with Gasteiger partial charge >= 0.3 is 5.91 Å². The molecule has 5 rings (SSSR count). The highest BCUT2D eigenvalue weighted by atomic mass is 35.5. The smallest absolute Gasteiger partial charge is 0.301 e. The van der Waals surface area contributed by atoms with Gasteiger partial charge in [0, 0.05) is 16.3 Å². The third-order valence-corrected chi connectivity index (χ3v) is 9.60. The number of carbonyl (C=O) groups is 2. The minimum Gasteiger partial charge on any atom is -0.507 e. The first-order chi connectivity index (χ1) is 22.2. The molecule has 240 valence electrons. The Morgan fingerprint density at radius 2 is 1.76 bits per heavy atom. The molecule has 0 aliphatic carbocycles. The molecule has 0 radical (unpaired) electrons. The fourth-order valence-corrected chi connectivity index (χ4v) is 6.79. The summed E-state index contributed by atoms with van der Waals surface area (Å²) in [7, 11) is 1.53. The van der Waals surface area contributed by atoms with E-state index in [0.29, 0.717) is 62.6 Å². The highest BCUT2D eigenvalue weighted by molar-refractivity contribution is 8.00. The Bertz CT molecular complexity index is 1720. The molecular formula is C34H34ClN3O6S2. The first-order valence-electron chi connectivity index (χ1n) is 14.8. The zero-order valence-electron chi connectivity index (χ0n) is 25.9. The number of hydrogen-bond acceptors (Lipinski definition) is 10. The number of carbonyl (C=O) groups excluding carboxylic acids is 2. The van der Waals surface area contributed by atoms with Crippen molar-refractivity contribution in [2.24, 2.45) is 5.92 Å². The largest absolute Gasteiger partial charge is 0.507 e. The number of thioether (sulfide) groups is 1. The molecule has 3 aromatic carbocycles. The molecule has 9 nitrogen and oxygen atoms in total. The maximum absolute atomic E-state index is 13.7. The van der Waals surface area contributed by atoms with Crippen molar-refractivity contribution < 1.29 is 28.9 Å². The van der Waals surface area contributed by atoms with Crippen LogP contribution in [0.2, 0.25) is 5.02 Å². The summed E-state index contributed by atoms with van der Waals surface area (Å²) in [6, 6.07) is 18.4. The van der Waals surface area contributed by atoms with Gasteiger partial charge in [-0.15, -0.1) is 10.2 Å². The second kappa shape index (κ2) is 15.0. The van der Waals surface area contributed by atoms with Crippen LogP contribution in [-0.2, 0) is 15.3 Å². The van der Waals surface area contributed by atoms with E-state index in [0.717, 1.165) is 12.0 Å². The molecule has 0 bridgehead atoms. The Hall–Kier alpha value is -4.06. The van der Waals surface area contributed by atoms with E-state index in [4.69, 9.17) is 25.8 Å². The van der Waals surface area contributed by atoms with Crippen molar-refractivity contribution >= 4 is 57.3 Å². The molecule has 1 amide bonds. The summed E-state index contributed by atoms with van der Waals surface area (Å²) in [5.41, 5.74) is 1.87. The molecular weight excluding hydrogens is 646 g/mol. The summed E-state index contributed by atoms with van der Waals surface area (Å²) in [4.78, 5) is 28.7. The van der Waals surface area contributed by atoms with Crippen LogP contribution in [0.15, 0.2) is 76.6 Å². The van der Waals surface area contributed by atoms with Gasteiger partial charge in [0.1, 0.15) is 11.5 Å². The summed E-state index contributed by atoms with van der Waals surface area (Å²) in [6.07, 6.45) is 0.864. The molecule has 1 fully saturated rings. The SMILES string of the molecule is CCOc1ccc(/C(O)=C2/C(=O)C(=O)N(c3nnc(SCc4ccc(Cl)cc4)s3)C2c2ccc(OCCC(C)C)c(OC)c2)cc1.